The molecule has 6 atom stereocenters. The Kier molecular flexibility index (Phi) is 7.05. The highest BCUT2D eigenvalue weighted by molar-refractivity contribution is 5.66. The van der Waals surface area contributed by atoms with E-state index in [2.05, 4.69) is 53.7 Å². The van der Waals surface area contributed by atoms with Crippen molar-refractivity contribution < 1.29 is 9.53 Å². The minimum Gasteiger partial charge on any atom is -0.463 e. The molecule has 0 bridgehead atoms. The Morgan fingerprint density at radius 2 is 1.91 bits per heavy atom. The Morgan fingerprint density at radius 1 is 1.15 bits per heavy atom. The van der Waals surface area contributed by atoms with Crippen LogP contribution in [0.4, 0.5) is 0 Å². The first-order valence-corrected chi connectivity index (χ1v) is 13.9. The maximum absolute atomic E-state index is 11.5. The molecule has 4 rings (SSSR count). The summed E-state index contributed by atoms with van der Waals surface area (Å²) in [6.45, 7) is 16.1. The lowest BCUT2D eigenvalue weighted by Gasteiger charge is -2.54. The van der Waals surface area contributed by atoms with E-state index >= 15 is 0 Å². The maximum Gasteiger partial charge on any atom is 0.302 e. The minimum absolute atomic E-state index is 0.112. The standard InChI is InChI=1S/C31H48O2/c1-8-23(20(2)3)10-9-21(4)27-13-14-28-26-12-11-24-19-25(33-22(5)32)15-17-30(24,6)29(26)16-18-31(27,28)7/h8,14,20-21,24-25,27H,9-13,15-19H2,1-7H3. The van der Waals surface area contributed by atoms with Gasteiger partial charge in [0.1, 0.15) is 6.10 Å². The summed E-state index contributed by atoms with van der Waals surface area (Å²) in [7, 11) is 0. The number of carbonyl (C=O) groups is 1. The fourth-order valence-corrected chi connectivity index (χ4v) is 8.42. The first-order chi connectivity index (χ1) is 15.6. The molecule has 0 heterocycles. The van der Waals surface area contributed by atoms with Gasteiger partial charge < -0.3 is 4.74 Å². The average Bonchev–Trinajstić information content (AvgIpc) is 3.11. The van der Waals surface area contributed by atoms with Crippen LogP contribution in [0, 0.1) is 34.5 Å². The van der Waals surface area contributed by atoms with Crippen LogP contribution in [0.2, 0.25) is 0 Å². The largest absolute Gasteiger partial charge is 0.463 e. The highest BCUT2D eigenvalue weighted by atomic mass is 16.5. The summed E-state index contributed by atoms with van der Waals surface area (Å²) in [5.74, 6) is 2.79. The minimum atomic E-state index is -0.112. The molecule has 0 aliphatic heterocycles. The molecule has 0 spiro atoms. The van der Waals surface area contributed by atoms with Crippen molar-refractivity contribution in [3.8, 4) is 0 Å². The third kappa shape index (κ3) is 4.41. The van der Waals surface area contributed by atoms with E-state index in [1.807, 2.05) is 0 Å². The predicted octanol–water partition coefficient (Wildman–Crippen LogP) is 8.58. The van der Waals surface area contributed by atoms with Crippen LogP contribution in [0.1, 0.15) is 113 Å². The lowest BCUT2D eigenvalue weighted by Crippen LogP contribution is -2.44. The molecular formula is C31H48O2. The molecule has 0 saturated heterocycles. The smallest absolute Gasteiger partial charge is 0.302 e. The fourth-order valence-electron chi connectivity index (χ4n) is 8.42. The molecule has 0 radical (unpaired) electrons. The summed E-state index contributed by atoms with van der Waals surface area (Å²) in [6.07, 6.45) is 17.4. The van der Waals surface area contributed by atoms with Gasteiger partial charge in [-0.05, 0) is 117 Å². The van der Waals surface area contributed by atoms with E-state index in [9.17, 15) is 4.79 Å². The zero-order valence-electron chi connectivity index (χ0n) is 22.4. The highest BCUT2D eigenvalue weighted by Crippen LogP contribution is 2.64. The number of fused-ring (bicyclic) bond motifs is 4. The number of carbonyl (C=O) groups excluding carboxylic acids is 1. The van der Waals surface area contributed by atoms with Gasteiger partial charge in [-0.15, -0.1) is 0 Å². The summed E-state index contributed by atoms with van der Waals surface area (Å²) in [6, 6.07) is 0. The van der Waals surface area contributed by atoms with Gasteiger partial charge in [-0.1, -0.05) is 57.9 Å². The Hall–Kier alpha value is -1.31. The topological polar surface area (TPSA) is 26.3 Å². The molecule has 0 amide bonds. The second-order valence-electron chi connectivity index (χ2n) is 12.5. The molecule has 1 fully saturated rings. The van der Waals surface area contributed by atoms with Gasteiger partial charge in [0.15, 0.2) is 0 Å². The van der Waals surface area contributed by atoms with Gasteiger partial charge in [0.05, 0.1) is 0 Å². The maximum atomic E-state index is 11.5. The van der Waals surface area contributed by atoms with Crippen molar-refractivity contribution >= 4 is 5.97 Å². The van der Waals surface area contributed by atoms with Crippen LogP contribution in [0.5, 0.6) is 0 Å². The third-order valence-electron chi connectivity index (χ3n) is 10.5. The van der Waals surface area contributed by atoms with Crippen molar-refractivity contribution in [2.45, 2.75) is 119 Å². The van der Waals surface area contributed by atoms with Crippen LogP contribution < -0.4 is 0 Å². The summed E-state index contributed by atoms with van der Waals surface area (Å²) in [5.41, 5.74) is 7.57. The molecule has 184 valence electrons. The second-order valence-corrected chi connectivity index (χ2v) is 12.5. The molecule has 2 nitrogen and oxygen atoms in total. The number of allylic oxidation sites excluding steroid dienone is 6. The Bertz CT molecular complexity index is 858. The van der Waals surface area contributed by atoms with Gasteiger partial charge in [0.2, 0.25) is 0 Å². The summed E-state index contributed by atoms with van der Waals surface area (Å²) in [4.78, 5) is 11.5. The lowest BCUT2D eigenvalue weighted by molar-refractivity contribution is -0.150. The predicted molar refractivity (Wildman–Crippen MR) is 138 cm³/mol. The van der Waals surface area contributed by atoms with Crippen molar-refractivity contribution in [3.05, 3.63) is 34.4 Å². The van der Waals surface area contributed by atoms with Crippen molar-refractivity contribution in [1.29, 1.82) is 0 Å². The number of rotatable bonds is 6. The molecule has 0 N–H and O–H groups in total. The SMILES string of the molecule is CC=C(CCC(C)C1CC=C2C3=C(CCC21C)C1(C)CCC(OC(C)=O)CC1CC3)C(C)C. The summed E-state index contributed by atoms with van der Waals surface area (Å²) < 4.78 is 5.64. The molecule has 0 aromatic rings. The zero-order chi connectivity index (χ0) is 24.0. The fraction of sp³-hybridized carbons (Fsp3) is 0.774. The van der Waals surface area contributed by atoms with Crippen LogP contribution in [0.15, 0.2) is 34.4 Å². The van der Waals surface area contributed by atoms with E-state index in [0.717, 1.165) is 24.7 Å². The summed E-state index contributed by atoms with van der Waals surface area (Å²) in [5, 5.41) is 0. The molecule has 2 heteroatoms. The average molecular weight is 453 g/mol. The van der Waals surface area contributed by atoms with E-state index in [1.54, 1.807) is 29.2 Å². The van der Waals surface area contributed by atoms with Crippen LogP contribution in [0.3, 0.4) is 0 Å². The van der Waals surface area contributed by atoms with Crippen molar-refractivity contribution in [3.63, 3.8) is 0 Å². The van der Waals surface area contributed by atoms with E-state index in [1.165, 1.54) is 51.4 Å². The number of hydrogen-bond acceptors (Lipinski definition) is 2. The highest BCUT2D eigenvalue weighted by Gasteiger charge is 2.53. The van der Waals surface area contributed by atoms with E-state index in [-0.39, 0.29) is 12.1 Å². The molecule has 0 aromatic carbocycles. The van der Waals surface area contributed by atoms with Crippen molar-refractivity contribution in [1.82, 2.24) is 0 Å². The number of ether oxygens (including phenoxy) is 1. The Morgan fingerprint density at radius 3 is 2.58 bits per heavy atom. The van der Waals surface area contributed by atoms with Crippen molar-refractivity contribution in [2.75, 3.05) is 0 Å². The first kappa shape index (κ1) is 24.8. The second kappa shape index (κ2) is 9.38. The van der Waals surface area contributed by atoms with E-state index in [4.69, 9.17) is 4.74 Å². The van der Waals surface area contributed by atoms with Gasteiger partial charge >= 0.3 is 5.97 Å². The van der Waals surface area contributed by atoms with Gasteiger partial charge in [-0.25, -0.2) is 0 Å². The quantitative estimate of drug-likeness (QED) is 0.298. The van der Waals surface area contributed by atoms with Gasteiger partial charge in [-0.2, -0.15) is 0 Å². The normalized spacial score (nSPS) is 37.3. The zero-order valence-corrected chi connectivity index (χ0v) is 22.4. The summed E-state index contributed by atoms with van der Waals surface area (Å²) >= 11 is 0. The Balaban J connectivity index is 1.50. The van der Waals surface area contributed by atoms with E-state index < -0.39 is 0 Å². The first-order valence-electron chi connectivity index (χ1n) is 13.9. The van der Waals surface area contributed by atoms with Crippen LogP contribution in [0.25, 0.3) is 0 Å². The molecule has 33 heavy (non-hydrogen) atoms. The third-order valence-corrected chi connectivity index (χ3v) is 10.5. The van der Waals surface area contributed by atoms with Gasteiger partial charge in [-0.3, -0.25) is 4.79 Å². The number of esters is 1. The van der Waals surface area contributed by atoms with E-state index in [0.29, 0.717) is 22.7 Å². The molecule has 0 aromatic heterocycles. The molecule has 4 aliphatic rings. The number of hydrogen-bond donors (Lipinski definition) is 0. The monoisotopic (exact) mass is 452 g/mol. The van der Waals surface area contributed by atoms with Gasteiger partial charge in [0.25, 0.3) is 0 Å². The van der Waals surface area contributed by atoms with Crippen LogP contribution in [-0.4, -0.2) is 12.1 Å². The van der Waals surface area contributed by atoms with Crippen molar-refractivity contribution in [2.24, 2.45) is 34.5 Å². The Labute approximate surface area is 203 Å². The van der Waals surface area contributed by atoms with Crippen LogP contribution >= 0.6 is 0 Å². The molecule has 1 saturated carbocycles. The van der Waals surface area contributed by atoms with Crippen LogP contribution in [-0.2, 0) is 9.53 Å². The molecule has 6 unspecified atom stereocenters. The lowest BCUT2D eigenvalue weighted by atomic mass is 9.51. The van der Waals surface area contributed by atoms with Gasteiger partial charge in [0, 0.05) is 6.92 Å². The molecule has 4 aliphatic carbocycles. The molecular weight excluding hydrogens is 404 g/mol.